The van der Waals surface area contributed by atoms with E-state index in [2.05, 4.69) is 5.32 Å². The van der Waals surface area contributed by atoms with Gasteiger partial charge >= 0.3 is 0 Å². The molecule has 0 fully saturated rings. The SMILES string of the molecule is N#Cc1ccccc1NC(=O)c1cc2c(cc1N)OCO2. The zero-order valence-electron chi connectivity index (χ0n) is 10.9. The molecule has 1 aliphatic rings. The van der Waals surface area contributed by atoms with Gasteiger partial charge < -0.3 is 20.5 Å². The van der Waals surface area contributed by atoms with Crippen molar-refractivity contribution in [3.05, 3.63) is 47.5 Å². The van der Waals surface area contributed by atoms with Gasteiger partial charge in [-0.1, -0.05) is 12.1 Å². The monoisotopic (exact) mass is 281 g/mol. The molecule has 1 aliphatic heterocycles. The van der Waals surface area contributed by atoms with E-state index in [0.717, 1.165) is 0 Å². The van der Waals surface area contributed by atoms with Crippen LogP contribution in [-0.2, 0) is 0 Å². The van der Waals surface area contributed by atoms with Crippen molar-refractivity contribution in [1.29, 1.82) is 5.26 Å². The minimum atomic E-state index is -0.409. The number of ether oxygens (including phenoxy) is 2. The van der Waals surface area contributed by atoms with Crippen LogP contribution in [0.3, 0.4) is 0 Å². The Labute approximate surface area is 120 Å². The van der Waals surface area contributed by atoms with E-state index in [1.165, 1.54) is 6.07 Å². The number of nitrogens with zero attached hydrogens (tertiary/aromatic N) is 1. The molecule has 1 heterocycles. The lowest BCUT2D eigenvalue weighted by atomic mass is 10.1. The first-order chi connectivity index (χ1) is 10.2. The highest BCUT2D eigenvalue weighted by Gasteiger charge is 2.20. The Hall–Kier alpha value is -3.20. The maximum atomic E-state index is 12.3. The highest BCUT2D eigenvalue weighted by Crippen LogP contribution is 2.36. The fraction of sp³-hybridized carbons (Fsp3) is 0.0667. The van der Waals surface area contributed by atoms with Crippen molar-refractivity contribution in [1.82, 2.24) is 0 Å². The van der Waals surface area contributed by atoms with Crippen molar-refractivity contribution in [2.75, 3.05) is 17.8 Å². The van der Waals surface area contributed by atoms with Crippen LogP contribution < -0.4 is 20.5 Å². The zero-order valence-corrected chi connectivity index (χ0v) is 10.9. The maximum Gasteiger partial charge on any atom is 0.257 e. The number of nitrogen functional groups attached to an aromatic ring is 1. The van der Waals surface area contributed by atoms with Gasteiger partial charge in [-0.2, -0.15) is 5.26 Å². The van der Waals surface area contributed by atoms with Gasteiger partial charge in [0.25, 0.3) is 5.91 Å². The Morgan fingerprint density at radius 2 is 1.95 bits per heavy atom. The van der Waals surface area contributed by atoms with Crippen LogP contribution in [-0.4, -0.2) is 12.7 Å². The lowest BCUT2D eigenvalue weighted by Crippen LogP contribution is -2.14. The predicted molar refractivity (Wildman–Crippen MR) is 76.1 cm³/mol. The van der Waals surface area contributed by atoms with E-state index in [1.54, 1.807) is 30.3 Å². The van der Waals surface area contributed by atoms with Crippen LogP contribution in [0.5, 0.6) is 11.5 Å². The number of carbonyl (C=O) groups excluding carboxylic acids is 1. The lowest BCUT2D eigenvalue weighted by Gasteiger charge is -2.09. The average molecular weight is 281 g/mol. The smallest absolute Gasteiger partial charge is 0.257 e. The van der Waals surface area contributed by atoms with Crippen molar-refractivity contribution in [2.45, 2.75) is 0 Å². The van der Waals surface area contributed by atoms with E-state index in [4.69, 9.17) is 20.5 Å². The number of nitrogens with one attached hydrogen (secondary N) is 1. The first-order valence-corrected chi connectivity index (χ1v) is 6.18. The molecular formula is C15H11N3O3. The van der Waals surface area contributed by atoms with Crippen molar-refractivity contribution in [3.8, 4) is 17.6 Å². The number of hydrogen-bond acceptors (Lipinski definition) is 5. The number of nitrogens with two attached hydrogens (primary N) is 1. The second-order valence-corrected chi connectivity index (χ2v) is 4.40. The number of rotatable bonds is 2. The van der Waals surface area contributed by atoms with Gasteiger partial charge in [0.05, 0.1) is 16.8 Å². The Morgan fingerprint density at radius 3 is 2.71 bits per heavy atom. The Bertz CT molecular complexity index is 765. The normalized spacial score (nSPS) is 11.8. The van der Waals surface area contributed by atoms with Crippen LogP contribution in [0.1, 0.15) is 15.9 Å². The maximum absolute atomic E-state index is 12.3. The Balaban J connectivity index is 1.91. The summed E-state index contributed by atoms with van der Waals surface area (Å²) in [7, 11) is 0. The van der Waals surface area contributed by atoms with E-state index < -0.39 is 5.91 Å². The fourth-order valence-electron chi connectivity index (χ4n) is 2.03. The van der Waals surface area contributed by atoms with Crippen LogP contribution in [0, 0.1) is 11.3 Å². The molecule has 21 heavy (non-hydrogen) atoms. The number of para-hydroxylation sites is 1. The van der Waals surface area contributed by atoms with Crippen molar-refractivity contribution in [2.24, 2.45) is 0 Å². The van der Waals surface area contributed by atoms with Crippen molar-refractivity contribution in [3.63, 3.8) is 0 Å². The molecule has 1 amide bonds. The predicted octanol–water partition coefficient (Wildman–Crippen LogP) is 2.12. The molecule has 0 saturated carbocycles. The van der Waals surface area contributed by atoms with E-state index >= 15 is 0 Å². The third kappa shape index (κ3) is 2.32. The van der Waals surface area contributed by atoms with Gasteiger partial charge in [-0.3, -0.25) is 4.79 Å². The van der Waals surface area contributed by atoms with Crippen LogP contribution >= 0.6 is 0 Å². The number of fused-ring (bicyclic) bond motifs is 1. The molecule has 2 aromatic carbocycles. The number of anilines is 2. The largest absolute Gasteiger partial charge is 0.454 e. The second kappa shape index (κ2) is 5.06. The summed E-state index contributed by atoms with van der Waals surface area (Å²) in [6.07, 6.45) is 0. The first kappa shape index (κ1) is 12.8. The molecule has 0 aliphatic carbocycles. The summed E-state index contributed by atoms with van der Waals surface area (Å²) in [4.78, 5) is 12.3. The molecule has 2 aromatic rings. The number of amides is 1. The van der Waals surface area contributed by atoms with Crippen LogP contribution in [0.4, 0.5) is 11.4 Å². The summed E-state index contributed by atoms with van der Waals surface area (Å²) in [5.74, 6) is 0.581. The third-order valence-corrected chi connectivity index (χ3v) is 3.09. The van der Waals surface area contributed by atoms with E-state index in [0.29, 0.717) is 22.7 Å². The fourth-order valence-corrected chi connectivity index (χ4v) is 2.03. The van der Waals surface area contributed by atoms with Gasteiger partial charge in [-0.25, -0.2) is 0 Å². The van der Waals surface area contributed by atoms with Crippen LogP contribution in [0.25, 0.3) is 0 Å². The minimum Gasteiger partial charge on any atom is -0.454 e. The molecule has 0 aromatic heterocycles. The Morgan fingerprint density at radius 1 is 1.24 bits per heavy atom. The molecule has 0 saturated heterocycles. The molecule has 3 N–H and O–H groups in total. The zero-order chi connectivity index (χ0) is 14.8. The third-order valence-electron chi connectivity index (χ3n) is 3.09. The number of carbonyl (C=O) groups is 1. The molecule has 0 atom stereocenters. The second-order valence-electron chi connectivity index (χ2n) is 4.40. The lowest BCUT2D eigenvalue weighted by molar-refractivity contribution is 0.102. The quantitative estimate of drug-likeness (QED) is 0.822. The van der Waals surface area contributed by atoms with Gasteiger partial charge in [0.15, 0.2) is 11.5 Å². The molecular weight excluding hydrogens is 270 g/mol. The van der Waals surface area contributed by atoms with Crippen LogP contribution in [0.15, 0.2) is 36.4 Å². The molecule has 6 nitrogen and oxygen atoms in total. The molecule has 0 radical (unpaired) electrons. The summed E-state index contributed by atoms with van der Waals surface area (Å²) in [6.45, 7) is 0.108. The van der Waals surface area contributed by atoms with Crippen molar-refractivity contribution >= 4 is 17.3 Å². The molecule has 3 rings (SSSR count). The summed E-state index contributed by atoms with van der Waals surface area (Å²) in [6, 6.07) is 11.8. The summed E-state index contributed by atoms with van der Waals surface area (Å²) in [5, 5.41) is 11.7. The van der Waals surface area contributed by atoms with Gasteiger partial charge in [0.1, 0.15) is 6.07 Å². The number of benzene rings is 2. The highest BCUT2D eigenvalue weighted by atomic mass is 16.7. The van der Waals surface area contributed by atoms with Gasteiger partial charge in [-0.05, 0) is 18.2 Å². The summed E-state index contributed by atoms with van der Waals surface area (Å²) < 4.78 is 10.4. The van der Waals surface area contributed by atoms with E-state index in [9.17, 15) is 4.79 Å². The summed E-state index contributed by atoms with van der Waals surface area (Å²) >= 11 is 0. The van der Waals surface area contributed by atoms with E-state index in [-0.39, 0.29) is 18.0 Å². The van der Waals surface area contributed by atoms with Gasteiger partial charge in [-0.15, -0.1) is 0 Å². The van der Waals surface area contributed by atoms with Gasteiger partial charge in [0.2, 0.25) is 6.79 Å². The molecule has 0 spiro atoms. The first-order valence-electron chi connectivity index (χ1n) is 6.18. The number of nitriles is 1. The van der Waals surface area contributed by atoms with Crippen molar-refractivity contribution < 1.29 is 14.3 Å². The van der Waals surface area contributed by atoms with Crippen LogP contribution in [0.2, 0.25) is 0 Å². The number of hydrogen-bond donors (Lipinski definition) is 2. The van der Waals surface area contributed by atoms with Gasteiger partial charge in [0, 0.05) is 11.8 Å². The molecule has 0 bridgehead atoms. The molecule has 0 unspecified atom stereocenters. The minimum absolute atomic E-state index is 0.108. The Kier molecular flexibility index (Phi) is 3.09. The molecule has 6 heteroatoms. The standard InChI is InChI=1S/C15H11N3O3/c16-7-9-3-1-2-4-12(9)18-15(19)10-5-13-14(6-11(10)17)21-8-20-13/h1-6H,8,17H2,(H,18,19). The van der Waals surface area contributed by atoms with E-state index in [1.807, 2.05) is 6.07 Å². The highest BCUT2D eigenvalue weighted by molar-refractivity contribution is 6.08. The summed E-state index contributed by atoms with van der Waals surface area (Å²) in [5.41, 5.74) is 7.22. The molecule has 104 valence electrons. The average Bonchev–Trinajstić information content (AvgIpc) is 2.94. The topological polar surface area (TPSA) is 97.4 Å².